The number of thiophene rings is 1. The minimum atomic E-state index is -1.28. The van der Waals surface area contributed by atoms with Gasteiger partial charge in [-0.05, 0) is 25.5 Å². The topological polar surface area (TPSA) is 110 Å². The van der Waals surface area contributed by atoms with Crippen LogP contribution in [0.5, 0.6) is 0 Å². The zero-order chi connectivity index (χ0) is 20.8. The van der Waals surface area contributed by atoms with Gasteiger partial charge in [0, 0.05) is 13.2 Å². The fourth-order valence-corrected chi connectivity index (χ4v) is 5.86. The van der Waals surface area contributed by atoms with E-state index in [9.17, 15) is 4.21 Å². The summed E-state index contributed by atoms with van der Waals surface area (Å²) in [6.07, 6.45) is 3.83. The zero-order valence-corrected chi connectivity index (χ0v) is 18.4. The van der Waals surface area contributed by atoms with Gasteiger partial charge in [0.05, 0.1) is 26.2 Å². The van der Waals surface area contributed by atoms with Crippen molar-refractivity contribution in [1.29, 1.82) is 0 Å². The molecule has 0 bridgehead atoms. The van der Waals surface area contributed by atoms with Gasteiger partial charge in [0.25, 0.3) is 0 Å². The lowest BCUT2D eigenvalue weighted by molar-refractivity contribution is 0.524. The Morgan fingerprint density at radius 2 is 2.28 bits per heavy atom. The molecule has 1 aliphatic rings. The number of nitrogens with zero attached hydrogens (tertiary/aromatic N) is 5. The maximum atomic E-state index is 12.4. The van der Waals surface area contributed by atoms with E-state index in [1.807, 2.05) is 13.8 Å². The SMILES string of the molecule is CCc1nc(-c2cc(Cl)c(C3(C)CS(=O)N(C)C(N)=N3)s2)oc1-c1ccncn1. The molecule has 0 radical (unpaired) electrons. The third kappa shape index (κ3) is 3.56. The van der Waals surface area contributed by atoms with Crippen LogP contribution in [0.15, 0.2) is 34.1 Å². The van der Waals surface area contributed by atoms with E-state index < -0.39 is 16.5 Å². The molecule has 2 unspecified atom stereocenters. The summed E-state index contributed by atoms with van der Waals surface area (Å²) in [5, 5.41) is 0.519. The Kier molecular flexibility index (Phi) is 5.18. The fourth-order valence-electron chi connectivity index (χ4n) is 3.08. The van der Waals surface area contributed by atoms with Crippen molar-refractivity contribution in [1.82, 2.24) is 19.3 Å². The number of halogens is 1. The number of nitrogens with two attached hydrogens (primary N) is 1. The second kappa shape index (κ2) is 7.51. The molecular formula is C18H19ClN6O2S2. The van der Waals surface area contributed by atoms with Gasteiger partial charge in [-0.3, -0.25) is 4.31 Å². The Morgan fingerprint density at radius 1 is 1.48 bits per heavy atom. The normalized spacial score (nSPS) is 22.0. The van der Waals surface area contributed by atoms with Gasteiger partial charge in [0.15, 0.2) is 5.76 Å². The molecule has 0 aromatic carbocycles. The summed E-state index contributed by atoms with van der Waals surface area (Å²) in [6.45, 7) is 3.89. The summed E-state index contributed by atoms with van der Waals surface area (Å²) in [6, 6.07) is 3.58. The summed E-state index contributed by atoms with van der Waals surface area (Å²) in [5.74, 6) is 1.59. The van der Waals surface area contributed by atoms with Gasteiger partial charge in [-0.1, -0.05) is 18.5 Å². The highest BCUT2D eigenvalue weighted by molar-refractivity contribution is 7.83. The fraction of sp³-hybridized carbons (Fsp3) is 0.333. The highest BCUT2D eigenvalue weighted by atomic mass is 35.5. The van der Waals surface area contributed by atoms with Crippen molar-refractivity contribution in [2.45, 2.75) is 25.8 Å². The van der Waals surface area contributed by atoms with Gasteiger partial charge >= 0.3 is 0 Å². The van der Waals surface area contributed by atoms with Crippen molar-refractivity contribution in [3.63, 3.8) is 0 Å². The van der Waals surface area contributed by atoms with Crippen molar-refractivity contribution in [3.05, 3.63) is 40.3 Å². The first kappa shape index (κ1) is 20.0. The molecule has 3 aromatic rings. The van der Waals surface area contributed by atoms with Crippen molar-refractivity contribution in [3.8, 4) is 22.2 Å². The smallest absolute Gasteiger partial charge is 0.237 e. The molecule has 0 saturated heterocycles. The van der Waals surface area contributed by atoms with Crippen molar-refractivity contribution >= 4 is 39.9 Å². The number of aromatic nitrogens is 3. The number of hydrogen-bond acceptors (Lipinski definition) is 8. The minimum Gasteiger partial charge on any atom is -0.433 e. The van der Waals surface area contributed by atoms with Crippen LogP contribution in [0.2, 0.25) is 5.02 Å². The molecule has 0 spiro atoms. The Balaban J connectivity index is 1.76. The number of aliphatic imine (C=N–C) groups is 1. The second-order valence-corrected chi connectivity index (χ2v) is 9.68. The van der Waals surface area contributed by atoms with Crippen LogP contribution < -0.4 is 5.73 Å². The van der Waals surface area contributed by atoms with Crippen LogP contribution in [0, 0.1) is 0 Å². The molecule has 1 aliphatic heterocycles. The molecule has 3 aromatic heterocycles. The third-order valence-electron chi connectivity index (χ3n) is 4.63. The van der Waals surface area contributed by atoms with Crippen LogP contribution in [0.25, 0.3) is 22.2 Å². The highest BCUT2D eigenvalue weighted by Crippen LogP contribution is 2.44. The molecule has 8 nitrogen and oxygen atoms in total. The first-order chi connectivity index (χ1) is 13.8. The van der Waals surface area contributed by atoms with E-state index in [4.69, 9.17) is 21.8 Å². The molecule has 11 heteroatoms. The van der Waals surface area contributed by atoms with E-state index >= 15 is 0 Å². The zero-order valence-electron chi connectivity index (χ0n) is 16.0. The van der Waals surface area contributed by atoms with E-state index in [0.717, 1.165) is 15.4 Å². The number of guanidine groups is 1. The molecule has 2 N–H and O–H groups in total. The van der Waals surface area contributed by atoms with Gasteiger partial charge in [-0.2, -0.15) is 0 Å². The molecule has 0 aliphatic carbocycles. The molecule has 2 atom stereocenters. The first-order valence-corrected chi connectivity index (χ1v) is 11.3. The minimum absolute atomic E-state index is 0.221. The highest BCUT2D eigenvalue weighted by Gasteiger charge is 2.39. The van der Waals surface area contributed by atoms with Crippen molar-refractivity contribution < 1.29 is 8.63 Å². The van der Waals surface area contributed by atoms with E-state index in [1.54, 1.807) is 25.4 Å². The summed E-state index contributed by atoms with van der Waals surface area (Å²) in [4.78, 5) is 18.9. The Morgan fingerprint density at radius 3 is 2.93 bits per heavy atom. The largest absolute Gasteiger partial charge is 0.433 e. The Hall–Kier alpha value is -2.30. The second-order valence-electron chi connectivity index (χ2n) is 6.74. The predicted octanol–water partition coefficient (Wildman–Crippen LogP) is 3.21. The lowest BCUT2D eigenvalue weighted by atomic mass is 10.0. The van der Waals surface area contributed by atoms with Gasteiger partial charge in [0.2, 0.25) is 11.9 Å². The van der Waals surface area contributed by atoms with E-state index in [2.05, 4.69) is 19.9 Å². The summed E-state index contributed by atoms with van der Waals surface area (Å²) >= 11 is 7.96. The van der Waals surface area contributed by atoms with Crippen LogP contribution >= 0.6 is 22.9 Å². The first-order valence-electron chi connectivity index (χ1n) is 8.86. The van der Waals surface area contributed by atoms with Gasteiger partial charge in [-0.15, -0.1) is 11.3 Å². The number of aryl methyl sites for hydroxylation is 1. The maximum absolute atomic E-state index is 12.4. The molecular weight excluding hydrogens is 432 g/mol. The monoisotopic (exact) mass is 450 g/mol. The summed E-state index contributed by atoms with van der Waals surface area (Å²) in [7, 11) is 0.374. The van der Waals surface area contributed by atoms with Gasteiger partial charge in [0.1, 0.15) is 28.5 Å². The Bertz CT molecular complexity index is 1110. The molecule has 0 saturated carbocycles. The number of oxazole rings is 1. The molecule has 29 heavy (non-hydrogen) atoms. The lowest BCUT2D eigenvalue weighted by Crippen LogP contribution is -2.47. The molecule has 0 amide bonds. The van der Waals surface area contributed by atoms with Crippen molar-refractivity contribution in [2.75, 3.05) is 12.8 Å². The van der Waals surface area contributed by atoms with Crippen LogP contribution in [-0.2, 0) is 22.9 Å². The van der Waals surface area contributed by atoms with Gasteiger partial charge in [-0.25, -0.2) is 24.2 Å². The van der Waals surface area contributed by atoms with Crippen LogP contribution in [0.4, 0.5) is 0 Å². The molecule has 0 fully saturated rings. The average molecular weight is 451 g/mol. The van der Waals surface area contributed by atoms with Crippen molar-refractivity contribution in [2.24, 2.45) is 10.7 Å². The van der Waals surface area contributed by atoms with Crippen LogP contribution in [-0.4, -0.2) is 42.2 Å². The van der Waals surface area contributed by atoms with E-state index in [0.29, 0.717) is 34.5 Å². The quantitative estimate of drug-likeness (QED) is 0.653. The average Bonchev–Trinajstić information content (AvgIpc) is 3.30. The summed E-state index contributed by atoms with van der Waals surface area (Å²) in [5.41, 5.74) is 6.65. The van der Waals surface area contributed by atoms with Crippen LogP contribution in [0.3, 0.4) is 0 Å². The van der Waals surface area contributed by atoms with E-state index in [-0.39, 0.29) is 5.96 Å². The number of hydrogen-bond donors (Lipinski definition) is 1. The maximum Gasteiger partial charge on any atom is 0.237 e. The van der Waals surface area contributed by atoms with Gasteiger partial charge < -0.3 is 10.2 Å². The molecule has 4 heterocycles. The third-order valence-corrected chi connectivity index (χ3v) is 8.02. The molecule has 4 rings (SSSR count). The lowest BCUT2D eigenvalue weighted by Gasteiger charge is -2.33. The van der Waals surface area contributed by atoms with E-state index in [1.165, 1.54) is 22.0 Å². The predicted molar refractivity (Wildman–Crippen MR) is 115 cm³/mol. The number of rotatable bonds is 4. The molecule has 152 valence electrons. The van der Waals surface area contributed by atoms with Crippen LogP contribution in [0.1, 0.15) is 24.4 Å². The standard InChI is InChI=1S/C18H19ClN6O2S2/c1-4-11-14(12-5-6-21-9-22-12)27-16(23-11)13-7-10(19)15(28-13)18(2)8-29(26)25(3)17(20)24-18/h5-7,9H,4,8H2,1-3H3,(H2,20,24). The summed E-state index contributed by atoms with van der Waals surface area (Å²) < 4.78 is 19.9. The Labute approximate surface area is 179 Å².